The summed E-state index contributed by atoms with van der Waals surface area (Å²) in [5.74, 6) is 0.657. The van der Waals surface area contributed by atoms with Crippen molar-refractivity contribution in [3.63, 3.8) is 0 Å². The molecule has 0 saturated heterocycles. The van der Waals surface area contributed by atoms with Crippen LogP contribution in [0.5, 0.6) is 0 Å². The summed E-state index contributed by atoms with van der Waals surface area (Å²) >= 11 is 0. The summed E-state index contributed by atoms with van der Waals surface area (Å²) in [6.45, 7) is 7.32. The van der Waals surface area contributed by atoms with Crippen molar-refractivity contribution in [1.82, 2.24) is 10.6 Å². The number of furan rings is 1. The minimum absolute atomic E-state index is 0.0674. The molecule has 0 spiro atoms. The summed E-state index contributed by atoms with van der Waals surface area (Å²) in [6, 6.07) is 10.6. The van der Waals surface area contributed by atoms with E-state index in [1.807, 2.05) is 0 Å². The van der Waals surface area contributed by atoms with Gasteiger partial charge in [-0.15, -0.1) is 0 Å². The van der Waals surface area contributed by atoms with Crippen LogP contribution in [0.3, 0.4) is 0 Å². The predicted octanol–water partition coefficient (Wildman–Crippen LogP) is 2.96. The molecule has 1 aliphatic heterocycles. The molecule has 0 radical (unpaired) electrons. The Morgan fingerprint density at radius 1 is 1.24 bits per heavy atom. The third-order valence-corrected chi connectivity index (χ3v) is 4.67. The second kappa shape index (κ2) is 8.21. The Kier molecular flexibility index (Phi) is 5.76. The van der Waals surface area contributed by atoms with E-state index in [1.54, 1.807) is 12.3 Å². The molecule has 0 bridgehead atoms. The molecule has 1 unspecified atom stereocenters. The topological polar surface area (TPSA) is 57.5 Å². The molecule has 1 aromatic carbocycles. The zero-order chi connectivity index (χ0) is 17.6. The molecular weight excluding hydrogens is 314 g/mol. The largest absolute Gasteiger partial charge is 0.467 e. The molecule has 1 aromatic heterocycles. The fourth-order valence-electron chi connectivity index (χ4n) is 3.35. The second-order valence-electron chi connectivity index (χ2n) is 6.57. The minimum atomic E-state index is -0.0674. The molecule has 2 heterocycles. The number of hydrogen-bond acceptors (Lipinski definition) is 4. The highest BCUT2D eigenvalue weighted by Crippen LogP contribution is 2.33. The molecule has 1 atom stereocenters. The lowest BCUT2D eigenvalue weighted by molar-refractivity contribution is 0.0952. The van der Waals surface area contributed by atoms with Crippen LogP contribution in [0.4, 0.5) is 5.69 Å². The van der Waals surface area contributed by atoms with Gasteiger partial charge in [0.2, 0.25) is 0 Å². The highest BCUT2D eigenvalue weighted by molar-refractivity contribution is 5.95. The molecule has 1 amide bonds. The molecule has 2 aromatic rings. The van der Waals surface area contributed by atoms with Crippen LogP contribution in [-0.4, -0.2) is 31.6 Å². The van der Waals surface area contributed by atoms with Gasteiger partial charge in [-0.1, -0.05) is 25.1 Å². The van der Waals surface area contributed by atoms with Gasteiger partial charge in [0.05, 0.1) is 18.4 Å². The quantitative estimate of drug-likeness (QED) is 0.725. The summed E-state index contributed by atoms with van der Waals surface area (Å²) in [5, 5.41) is 6.24. The average Bonchev–Trinajstić information content (AvgIpc) is 3.20. The number of nitrogens with zero attached hydrogens (tertiary/aromatic N) is 1. The summed E-state index contributed by atoms with van der Waals surface area (Å²) in [7, 11) is 0. The summed E-state index contributed by atoms with van der Waals surface area (Å²) in [4.78, 5) is 14.8. The molecule has 3 rings (SSSR count). The van der Waals surface area contributed by atoms with Crippen LogP contribution in [0.15, 0.2) is 41.0 Å². The van der Waals surface area contributed by atoms with Crippen molar-refractivity contribution >= 4 is 11.6 Å². The van der Waals surface area contributed by atoms with Crippen LogP contribution >= 0.6 is 0 Å². The third kappa shape index (κ3) is 4.04. The van der Waals surface area contributed by atoms with E-state index < -0.39 is 0 Å². The maximum atomic E-state index is 12.4. The number of anilines is 1. The molecule has 134 valence electrons. The van der Waals surface area contributed by atoms with Gasteiger partial charge in [-0.3, -0.25) is 4.79 Å². The van der Waals surface area contributed by atoms with Gasteiger partial charge in [-0.05, 0) is 44.0 Å². The normalized spacial score (nSPS) is 16.1. The maximum Gasteiger partial charge on any atom is 0.254 e. The van der Waals surface area contributed by atoms with Gasteiger partial charge in [0, 0.05) is 24.8 Å². The van der Waals surface area contributed by atoms with E-state index in [1.165, 1.54) is 11.3 Å². The lowest BCUT2D eigenvalue weighted by atomic mass is 10.1. The summed E-state index contributed by atoms with van der Waals surface area (Å²) < 4.78 is 5.64. The summed E-state index contributed by atoms with van der Waals surface area (Å²) in [5.41, 5.74) is 3.23. The fraction of sp³-hybridized carbons (Fsp3) is 0.450. The standard InChI is InChI=1S/C20H27N3O2/c1-3-9-21-10-11-22-20(24)17-8-12-25-19(17)14-23-15(2)13-16-6-4-5-7-18(16)23/h4-8,12,15,21H,3,9-11,13-14H2,1-2H3,(H,22,24). The first-order chi connectivity index (χ1) is 12.2. The van der Waals surface area contributed by atoms with Crippen molar-refractivity contribution < 1.29 is 9.21 Å². The Labute approximate surface area is 149 Å². The van der Waals surface area contributed by atoms with Crippen LogP contribution in [0.25, 0.3) is 0 Å². The van der Waals surface area contributed by atoms with E-state index in [4.69, 9.17) is 4.42 Å². The van der Waals surface area contributed by atoms with Gasteiger partial charge >= 0.3 is 0 Å². The maximum absolute atomic E-state index is 12.4. The number of carbonyl (C=O) groups is 1. The van der Waals surface area contributed by atoms with Crippen LogP contribution in [0.2, 0.25) is 0 Å². The number of benzene rings is 1. The first-order valence-corrected chi connectivity index (χ1v) is 9.10. The number of rotatable bonds is 8. The van der Waals surface area contributed by atoms with Crippen molar-refractivity contribution in [2.24, 2.45) is 0 Å². The summed E-state index contributed by atoms with van der Waals surface area (Å²) in [6.07, 6.45) is 3.73. The van der Waals surface area contributed by atoms with Crippen LogP contribution in [0, 0.1) is 0 Å². The van der Waals surface area contributed by atoms with E-state index in [-0.39, 0.29) is 5.91 Å². The van der Waals surface area contributed by atoms with E-state index in [0.717, 1.165) is 31.7 Å². The lowest BCUT2D eigenvalue weighted by Gasteiger charge is -2.24. The van der Waals surface area contributed by atoms with Crippen LogP contribution in [0.1, 0.15) is 41.9 Å². The molecule has 1 aliphatic rings. The second-order valence-corrected chi connectivity index (χ2v) is 6.57. The zero-order valence-corrected chi connectivity index (χ0v) is 15.0. The number of amides is 1. The van der Waals surface area contributed by atoms with Crippen molar-refractivity contribution in [2.75, 3.05) is 24.5 Å². The van der Waals surface area contributed by atoms with E-state index in [2.05, 4.69) is 53.6 Å². The van der Waals surface area contributed by atoms with Gasteiger partial charge in [0.1, 0.15) is 5.76 Å². The van der Waals surface area contributed by atoms with E-state index in [9.17, 15) is 4.79 Å². The van der Waals surface area contributed by atoms with E-state index >= 15 is 0 Å². The van der Waals surface area contributed by atoms with Gasteiger partial charge in [0.15, 0.2) is 0 Å². The Hall–Kier alpha value is -2.27. The predicted molar refractivity (Wildman–Crippen MR) is 100.0 cm³/mol. The lowest BCUT2D eigenvalue weighted by Crippen LogP contribution is -2.33. The van der Waals surface area contributed by atoms with Crippen molar-refractivity contribution in [1.29, 1.82) is 0 Å². The minimum Gasteiger partial charge on any atom is -0.467 e. The van der Waals surface area contributed by atoms with E-state index in [0.29, 0.717) is 24.7 Å². The van der Waals surface area contributed by atoms with Crippen molar-refractivity contribution in [2.45, 2.75) is 39.3 Å². The SMILES string of the molecule is CCCNCCNC(=O)c1ccoc1CN1c2ccccc2CC1C. The van der Waals surface area contributed by atoms with Gasteiger partial charge in [0.25, 0.3) is 5.91 Å². The van der Waals surface area contributed by atoms with Crippen molar-refractivity contribution in [3.8, 4) is 0 Å². The fourth-order valence-corrected chi connectivity index (χ4v) is 3.35. The molecule has 5 nitrogen and oxygen atoms in total. The molecule has 2 N–H and O–H groups in total. The third-order valence-electron chi connectivity index (χ3n) is 4.67. The average molecular weight is 341 g/mol. The van der Waals surface area contributed by atoms with Gasteiger partial charge in [-0.25, -0.2) is 0 Å². The number of para-hydroxylation sites is 1. The number of nitrogens with one attached hydrogen (secondary N) is 2. The van der Waals surface area contributed by atoms with Crippen LogP contribution in [-0.2, 0) is 13.0 Å². The van der Waals surface area contributed by atoms with Gasteiger partial charge < -0.3 is 20.0 Å². The number of hydrogen-bond donors (Lipinski definition) is 2. The molecule has 5 heteroatoms. The smallest absolute Gasteiger partial charge is 0.254 e. The number of fused-ring (bicyclic) bond motifs is 1. The first kappa shape index (κ1) is 17.5. The number of carbonyl (C=O) groups excluding carboxylic acids is 1. The van der Waals surface area contributed by atoms with Crippen LogP contribution < -0.4 is 15.5 Å². The highest BCUT2D eigenvalue weighted by Gasteiger charge is 2.27. The Bertz CT molecular complexity index is 710. The van der Waals surface area contributed by atoms with Gasteiger partial charge in [-0.2, -0.15) is 0 Å². The molecule has 0 saturated carbocycles. The molecular formula is C20H27N3O2. The zero-order valence-electron chi connectivity index (χ0n) is 15.0. The molecule has 0 fully saturated rings. The Balaban J connectivity index is 1.63. The van der Waals surface area contributed by atoms with Crippen molar-refractivity contribution in [3.05, 3.63) is 53.5 Å². The highest BCUT2D eigenvalue weighted by atomic mass is 16.3. The monoisotopic (exact) mass is 341 g/mol. The molecule has 25 heavy (non-hydrogen) atoms. The first-order valence-electron chi connectivity index (χ1n) is 9.10. The molecule has 0 aliphatic carbocycles. The Morgan fingerprint density at radius 2 is 2.08 bits per heavy atom. The Morgan fingerprint density at radius 3 is 2.92 bits per heavy atom.